The van der Waals surface area contributed by atoms with Crippen LogP contribution >= 0.6 is 0 Å². The fraction of sp³-hybridized carbons (Fsp3) is 0.571. The molecule has 0 saturated carbocycles. The van der Waals surface area contributed by atoms with E-state index < -0.39 is 9.84 Å². The van der Waals surface area contributed by atoms with Crippen molar-refractivity contribution in [3.8, 4) is 0 Å². The van der Waals surface area contributed by atoms with Crippen LogP contribution in [0.1, 0.15) is 12.5 Å². The van der Waals surface area contributed by atoms with Crippen molar-refractivity contribution in [3.63, 3.8) is 0 Å². The molecule has 0 radical (unpaired) electrons. The Kier molecular flexibility index (Phi) is 7.15. The minimum absolute atomic E-state index is 0.118. The van der Waals surface area contributed by atoms with Crippen LogP contribution in [-0.2, 0) is 21.1 Å². The monoisotopic (exact) mass is 300 g/mol. The first-order valence-corrected chi connectivity index (χ1v) is 8.41. The Hall–Kier alpha value is -0.950. The summed E-state index contributed by atoms with van der Waals surface area (Å²) in [6, 6.07) is 6.77. The van der Waals surface area contributed by atoms with Crippen molar-refractivity contribution in [2.45, 2.75) is 18.4 Å². The van der Waals surface area contributed by atoms with Crippen molar-refractivity contribution in [2.24, 2.45) is 5.73 Å². The number of likely N-dealkylation sites (N-methyl/N-ethyl adjacent to an activating group) is 1. The highest BCUT2D eigenvalue weighted by atomic mass is 32.2. The molecule has 0 spiro atoms. The zero-order valence-corrected chi connectivity index (χ0v) is 13.0. The van der Waals surface area contributed by atoms with Crippen molar-refractivity contribution in [1.82, 2.24) is 4.90 Å². The van der Waals surface area contributed by atoms with Gasteiger partial charge in [0.2, 0.25) is 0 Å². The number of nitrogens with zero attached hydrogens (tertiary/aromatic N) is 1. The molecule has 1 rings (SSSR count). The first-order chi connectivity index (χ1) is 9.53. The van der Waals surface area contributed by atoms with Crippen molar-refractivity contribution >= 4 is 9.84 Å². The van der Waals surface area contributed by atoms with Crippen LogP contribution in [0.15, 0.2) is 29.2 Å². The Labute approximate surface area is 121 Å². The molecule has 0 heterocycles. The lowest BCUT2D eigenvalue weighted by molar-refractivity contribution is 0.154. The zero-order valence-electron chi connectivity index (χ0n) is 12.2. The third kappa shape index (κ3) is 5.20. The van der Waals surface area contributed by atoms with E-state index in [1.807, 2.05) is 6.92 Å². The summed E-state index contributed by atoms with van der Waals surface area (Å²) in [5.74, 6) is 0.118. The van der Waals surface area contributed by atoms with Crippen molar-refractivity contribution in [2.75, 3.05) is 39.1 Å². The zero-order chi connectivity index (χ0) is 15.0. The molecule has 0 bridgehead atoms. The molecule has 20 heavy (non-hydrogen) atoms. The van der Waals surface area contributed by atoms with Crippen molar-refractivity contribution in [1.29, 1.82) is 0 Å². The number of rotatable bonds is 9. The van der Waals surface area contributed by atoms with E-state index in [0.717, 1.165) is 18.7 Å². The average Bonchev–Trinajstić information content (AvgIpc) is 2.47. The summed E-state index contributed by atoms with van der Waals surface area (Å²) in [5, 5.41) is 0. The van der Waals surface area contributed by atoms with Gasteiger partial charge in [-0.25, -0.2) is 8.42 Å². The Morgan fingerprint density at radius 3 is 2.35 bits per heavy atom. The van der Waals surface area contributed by atoms with Crippen LogP contribution in [0.25, 0.3) is 0 Å². The number of hydrogen-bond donors (Lipinski definition) is 1. The minimum Gasteiger partial charge on any atom is -0.383 e. The number of sulfone groups is 1. The lowest BCUT2D eigenvalue weighted by atomic mass is 10.2. The molecular weight excluding hydrogens is 276 g/mol. The molecule has 0 aliphatic rings. The Morgan fingerprint density at radius 2 is 1.85 bits per heavy atom. The summed E-state index contributed by atoms with van der Waals surface area (Å²) in [6.45, 7) is 5.11. The van der Waals surface area contributed by atoms with E-state index in [4.69, 9.17) is 10.5 Å². The second kappa shape index (κ2) is 8.36. The Morgan fingerprint density at radius 1 is 1.20 bits per heavy atom. The fourth-order valence-electron chi connectivity index (χ4n) is 1.85. The van der Waals surface area contributed by atoms with Crippen molar-refractivity contribution in [3.05, 3.63) is 29.8 Å². The van der Waals surface area contributed by atoms with Gasteiger partial charge in [0.05, 0.1) is 17.3 Å². The molecule has 0 aliphatic carbocycles. The number of hydrogen-bond acceptors (Lipinski definition) is 5. The summed E-state index contributed by atoms with van der Waals surface area (Å²) in [4.78, 5) is 2.42. The predicted molar refractivity (Wildman–Crippen MR) is 80.4 cm³/mol. The molecule has 0 unspecified atom stereocenters. The first-order valence-electron chi connectivity index (χ1n) is 6.76. The van der Waals surface area contributed by atoms with Crippen LogP contribution in [0.4, 0.5) is 0 Å². The summed E-state index contributed by atoms with van der Waals surface area (Å²) < 4.78 is 29.5. The smallest absolute Gasteiger partial charge is 0.179 e. The van der Waals surface area contributed by atoms with Gasteiger partial charge in [-0.3, -0.25) is 0 Å². The van der Waals surface area contributed by atoms with E-state index in [1.54, 1.807) is 31.4 Å². The molecule has 0 atom stereocenters. The van der Waals surface area contributed by atoms with Crippen LogP contribution in [0, 0.1) is 0 Å². The third-order valence-electron chi connectivity index (χ3n) is 3.25. The highest BCUT2D eigenvalue weighted by Gasteiger charge is 2.15. The van der Waals surface area contributed by atoms with Gasteiger partial charge in [0.15, 0.2) is 9.84 Å². The lowest BCUT2D eigenvalue weighted by Crippen LogP contribution is -2.32. The van der Waals surface area contributed by atoms with E-state index >= 15 is 0 Å². The molecule has 6 heteroatoms. The molecule has 1 aromatic carbocycles. The molecule has 0 saturated heterocycles. The maximum Gasteiger partial charge on any atom is 0.179 e. The van der Waals surface area contributed by atoms with Crippen LogP contribution in [0.2, 0.25) is 0 Å². The van der Waals surface area contributed by atoms with Crippen LogP contribution in [-0.4, -0.2) is 52.4 Å². The van der Waals surface area contributed by atoms with Crippen molar-refractivity contribution < 1.29 is 13.2 Å². The molecule has 0 amide bonds. The molecule has 0 aromatic heterocycles. The van der Waals surface area contributed by atoms with Gasteiger partial charge in [-0.05, 0) is 24.2 Å². The van der Waals surface area contributed by atoms with Gasteiger partial charge in [0, 0.05) is 26.7 Å². The quantitative estimate of drug-likeness (QED) is 0.733. The SMILES string of the molecule is CCN(CCOC)CCS(=O)(=O)c1ccc(CN)cc1. The van der Waals surface area contributed by atoms with Gasteiger partial charge < -0.3 is 15.4 Å². The van der Waals surface area contributed by atoms with E-state index in [0.29, 0.717) is 24.6 Å². The van der Waals surface area contributed by atoms with Gasteiger partial charge in [-0.15, -0.1) is 0 Å². The predicted octanol–water partition coefficient (Wildman–Crippen LogP) is 0.887. The molecule has 5 nitrogen and oxygen atoms in total. The summed E-state index contributed by atoms with van der Waals surface area (Å²) in [5.41, 5.74) is 6.43. The highest BCUT2D eigenvalue weighted by molar-refractivity contribution is 7.91. The topological polar surface area (TPSA) is 72.6 Å². The van der Waals surface area contributed by atoms with Gasteiger partial charge in [-0.1, -0.05) is 19.1 Å². The van der Waals surface area contributed by atoms with Gasteiger partial charge in [-0.2, -0.15) is 0 Å². The molecule has 0 fully saturated rings. The second-order valence-electron chi connectivity index (χ2n) is 4.59. The standard InChI is InChI=1S/C14H24N2O3S/c1-3-16(8-10-19-2)9-11-20(17,18)14-6-4-13(12-15)5-7-14/h4-7H,3,8-12,15H2,1-2H3. The van der Waals surface area contributed by atoms with Crippen LogP contribution in [0.3, 0.4) is 0 Å². The largest absolute Gasteiger partial charge is 0.383 e. The number of nitrogens with two attached hydrogens (primary N) is 1. The first kappa shape index (κ1) is 17.1. The highest BCUT2D eigenvalue weighted by Crippen LogP contribution is 2.12. The normalized spacial score (nSPS) is 12.0. The Bertz CT molecular complexity index is 486. The Balaban J connectivity index is 2.63. The number of methoxy groups -OCH3 is 1. The van der Waals surface area contributed by atoms with Crippen LogP contribution < -0.4 is 5.73 Å². The molecule has 2 N–H and O–H groups in total. The maximum absolute atomic E-state index is 12.2. The van der Waals surface area contributed by atoms with Gasteiger partial charge in [0.25, 0.3) is 0 Å². The van der Waals surface area contributed by atoms with E-state index in [2.05, 4.69) is 4.90 Å². The third-order valence-corrected chi connectivity index (χ3v) is 4.96. The van der Waals surface area contributed by atoms with Gasteiger partial charge in [0.1, 0.15) is 0 Å². The molecule has 0 aliphatic heterocycles. The van der Waals surface area contributed by atoms with E-state index in [1.165, 1.54) is 0 Å². The maximum atomic E-state index is 12.2. The molecule has 114 valence electrons. The average molecular weight is 300 g/mol. The minimum atomic E-state index is -3.24. The lowest BCUT2D eigenvalue weighted by Gasteiger charge is -2.19. The van der Waals surface area contributed by atoms with E-state index in [-0.39, 0.29) is 5.75 Å². The summed E-state index contributed by atoms with van der Waals surface area (Å²) in [7, 11) is -1.60. The second-order valence-corrected chi connectivity index (χ2v) is 6.70. The fourth-order valence-corrected chi connectivity index (χ4v) is 3.13. The summed E-state index contributed by atoms with van der Waals surface area (Å²) in [6.07, 6.45) is 0. The van der Waals surface area contributed by atoms with Crippen LogP contribution in [0.5, 0.6) is 0 Å². The number of benzene rings is 1. The van der Waals surface area contributed by atoms with E-state index in [9.17, 15) is 8.42 Å². The van der Waals surface area contributed by atoms with Gasteiger partial charge >= 0.3 is 0 Å². The molecule has 1 aromatic rings. The number of ether oxygens (including phenoxy) is 1. The summed E-state index contributed by atoms with van der Waals surface area (Å²) >= 11 is 0. The molecular formula is C14H24N2O3S.